The average Bonchev–Trinajstić information content (AvgIpc) is 2.73. The summed E-state index contributed by atoms with van der Waals surface area (Å²) in [5, 5.41) is 3.50. The van der Waals surface area contributed by atoms with Crippen LogP contribution in [0.5, 0.6) is 0 Å². The fourth-order valence-corrected chi connectivity index (χ4v) is 3.16. The second kappa shape index (κ2) is 5.49. The summed E-state index contributed by atoms with van der Waals surface area (Å²) < 4.78 is 13.5. The number of ether oxygens (including phenoxy) is 2. The predicted molar refractivity (Wildman–Crippen MR) is 85.2 cm³/mol. The molecule has 128 valence electrons. The van der Waals surface area contributed by atoms with Gasteiger partial charge in [0.25, 0.3) is 0 Å². The molecule has 0 aliphatic carbocycles. The van der Waals surface area contributed by atoms with Crippen molar-refractivity contribution in [3.8, 4) is 0 Å². The van der Waals surface area contributed by atoms with Crippen molar-refractivity contribution >= 4 is 6.09 Å². The molecule has 23 heavy (non-hydrogen) atoms. The molecule has 1 spiro atoms. The summed E-state index contributed by atoms with van der Waals surface area (Å²) in [7, 11) is 1.98. The van der Waals surface area contributed by atoms with Crippen LogP contribution in [0.4, 0.5) is 4.79 Å². The van der Waals surface area contributed by atoms with E-state index in [9.17, 15) is 4.79 Å². The maximum Gasteiger partial charge on any atom is 0.410 e. The summed E-state index contributed by atoms with van der Waals surface area (Å²) in [5.74, 6) is 0.964. The molecule has 3 rings (SSSR count). The largest absolute Gasteiger partial charge is 0.444 e. The molecule has 2 aliphatic heterocycles. The minimum Gasteiger partial charge on any atom is -0.444 e. The van der Waals surface area contributed by atoms with Gasteiger partial charge in [-0.25, -0.2) is 9.78 Å². The van der Waals surface area contributed by atoms with Gasteiger partial charge < -0.3 is 24.3 Å². The van der Waals surface area contributed by atoms with Gasteiger partial charge in [0.05, 0.1) is 31.4 Å². The van der Waals surface area contributed by atoms with Crippen LogP contribution < -0.4 is 5.32 Å². The molecule has 3 heterocycles. The van der Waals surface area contributed by atoms with E-state index in [1.165, 1.54) is 0 Å². The van der Waals surface area contributed by atoms with Crippen LogP contribution in [-0.4, -0.2) is 58.0 Å². The van der Waals surface area contributed by atoms with Crippen LogP contribution in [0.15, 0.2) is 6.20 Å². The molecule has 1 aromatic rings. The number of nitrogens with one attached hydrogen (secondary N) is 1. The van der Waals surface area contributed by atoms with Gasteiger partial charge in [-0.05, 0) is 27.7 Å². The van der Waals surface area contributed by atoms with E-state index in [1.54, 1.807) is 4.90 Å². The number of carbonyl (C=O) groups is 1. The Morgan fingerprint density at radius 2 is 2.17 bits per heavy atom. The molecule has 0 aromatic carbocycles. The Labute approximate surface area is 137 Å². The molecule has 1 aromatic heterocycles. The first-order valence-corrected chi connectivity index (χ1v) is 8.05. The molecule has 7 nitrogen and oxygen atoms in total. The van der Waals surface area contributed by atoms with E-state index in [0.717, 1.165) is 18.1 Å². The topological polar surface area (TPSA) is 68.6 Å². The average molecular weight is 322 g/mol. The first-order valence-electron chi connectivity index (χ1n) is 8.05. The standard InChI is InChI=1S/C16H26N4O3/c1-11-18-12(8-19(11)5)13-16(22-7-6-17-13)9-20(10-16)14(21)23-15(2,3)4/h8,13,17H,6-7,9-10H2,1-5H3. The summed E-state index contributed by atoms with van der Waals surface area (Å²) in [6, 6.07) is -0.00478. The van der Waals surface area contributed by atoms with Crippen molar-refractivity contribution in [3.05, 3.63) is 17.7 Å². The number of rotatable bonds is 1. The van der Waals surface area contributed by atoms with Gasteiger partial charge in [0.1, 0.15) is 17.0 Å². The van der Waals surface area contributed by atoms with Crippen LogP contribution >= 0.6 is 0 Å². The number of imidazole rings is 1. The molecular formula is C16H26N4O3. The summed E-state index contributed by atoms with van der Waals surface area (Å²) >= 11 is 0. The van der Waals surface area contributed by atoms with Crippen molar-refractivity contribution in [2.75, 3.05) is 26.2 Å². The second-order valence-corrected chi connectivity index (χ2v) is 7.46. The third-order valence-corrected chi connectivity index (χ3v) is 4.36. The van der Waals surface area contributed by atoms with Gasteiger partial charge in [-0.2, -0.15) is 0 Å². The minimum atomic E-state index is -0.483. The first-order chi connectivity index (χ1) is 10.7. The highest BCUT2D eigenvalue weighted by molar-refractivity contribution is 5.70. The Morgan fingerprint density at radius 1 is 1.48 bits per heavy atom. The fourth-order valence-electron chi connectivity index (χ4n) is 3.16. The van der Waals surface area contributed by atoms with Gasteiger partial charge >= 0.3 is 6.09 Å². The van der Waals surface area contributed by atoms with E-state index in [4.69, 9.17) is 9.47 Å². The molecule has 0 radical (unpaired) electrons. The Balaban J connectivity index is 1.72. The summed E-state index contributed by atoms with van der Waals surface area (Å²) in [5.41, 5.74) is 0.0763. The number of hydrogen-bond donors (Lipinski definition) is 1. The molecule has 0 bridgehead atoms. The summed E-state index contributed by atoms with van der Waals surface area (Å²) in [6.07, 6.45) is 1.74. The highest BCUT2D eigenvalue weighted by Gasteiger charge is 2.55. The van der Waals surface area contributed by atoms with E-state index in [2.05, 4.69) is 10.3 Å². The van der Waals surface area contributed by atoms with Crippen LogP contribution in [-0.2, 0) is 16.5 Å². The van der Waals surface area contributed by atoms with Crippen molar-refractivity contribution in [3.63, 3.8) is 0 Å². The van der Waals surface area contributed by atoms with Crippen molar-refractivity contribution in [1.82, 2.24) is 19.8 Å². The zero-order chi connectivity index (χ0) is 16.8. The van der Waals surface area contributed by atoms with Gasteiger partial charge in [-0.15, -0.1) is 0 Å². The predicted octanol–water partition coefficient (Wildman–Crippen LogP) is 1.38. The van der Waals surface area contributed by atoms with Crippen molar-refractivity contribution < 1.29 is 14.3 Å². The second-order valence-electron chi connectivity index (χ2n) is 7.46. The highest BCUT2D eigenvalue weighted by atomic mass is 16.6. The van der Waals surface area contributed by atoms with Crippen molar-refractivity contribution in [2.24, 2.45) is 7.05 Å². The monoisotopic (exact) mass is 322 g/mol. The fraction of sp³-hybridized carbons (Fsp3) is 0.750. The van der Waals surface area contributed by atoms with Crippen molar-refractivity contribution in [1.29, 1.82) is 0 Å². The van der Waals surface area contributed by atoms with Crippen LogP contribution in [0.1, 0.15) is 38.3 Å². The SMILES string of the molecule is Cc1nc(C2NCCOC23CN(C(=O)OC(C)(C)C)C3)cn1C. The maximum absolute atomic E-state index is 12.2. The lowest BCUT2D eigenvalue weighted by Gasteiger charge is -2.54. The molecule has 0 saturated carbocycles. The van der Waals surface area contributed by atoms with Crippen LogP contribution in [0.3, 0.4) is 0 Å². The van der Waals surface area contributed by atoms with E-state index in [1.807, 2.05) is 45.5 Å². The number of amides is 1. The lowest BCUT2D eigenvalue weighted by atomic mass is 9.83. The number of hydrogen-bond acceptors (Lipinski definition) is 5. The lowest BCUT2D eigenvalue weighted by Crippen LogP contribution is -2.72. The molecule has 2 fully saturated rings. The van der Waals surface area contributed by atoms with E-state index >= 15 is 0 Å². The van der Waals surface area contributed by atoms with Crippen LogP contribution in [0.25, 0.3) is 0 Å². The minimum absolute atomic E-state index is 0.00478. The number of carbonyl (C=O) groups excluding carboxylic acids is 1. The normalized spacial score (nSPS) is 23.7. The molecule has 7 heteroatoms. The zero-order valence-electron chi connectivity index (χ0n) is 14.5. The zero-order valence-corrected chi connectivity index (χ0v) is 14.5. The molecule has 2 saturated heterocycles. The van der Waals surface area contributed by atoms with Gasteiger partial charge in [-0.1, -0.05) is 0 Å². The number of morpholine rings is 1. The maximum atomic E-state index is 12.2. The number of aryl methyl sites for hydroxylation is 2. The Hall–Kier alpha value is -1.60. The quantitative estimate of drug-likeness (QED) is 0.846. The third-order valence-electron chi connectivity index (χ3n) is 4.36. The van der Waals surface area contributed by atoms with Gasteiger partial charge in [0.2, 0.25) is 0 Å². The van der Waals surface area contributed by atoms with Crippen LogP contribution in [0.2, 0.25) is 0 Å². The Morgan fingerprint density at radius 3 is 2.74 bits per heavy atom. The molecule has 1 unspecified atom stereocenters. The first kappa shape index (κ1) is 16.3. The van der Waals surface area contributed by atoms with Crippen molar-refractivity contribution in [2.45, 2.75) is 44.9 Å². The third kappa shape index (κ3) is 3.07. The lowest BCUT2D eigenvalue weighted by molar-refractivity contribution is -0.176. The van der Waals surface area contributed by atoms with Crippen LogP contribution in [0, 0.1) is 6.92 Å². The molecular weight excluding hydrogens is 296 g/mol. The van der Waals surface area contributed by atoms with E-state index < -0.39 is 11.2 Å². The smallest absolute Gasteiger partial charge is 0.410 e. The van der Waals surface area contributed by atoms with Gasteiger partial charge in [-0.3, -0.25) is 0 Å². The number of likely N-dealkylation sites (tertiary alicyclic amines) is 1. The van der Waals surface area contributed by atoms with Gasteiger partial charge in [0.15, 0.2) is 0 Å². The summed E-state index contributed by atoms with van der Waals surface area (Å²) in [6.45, 7) is 10.1. The van der Waals surface area contributed by atoms with E-state index in [-0.39, 0.29) is 12.1 Å². The molecule has 1 atom stereocenters. The highest BCUT2D eigenvalue weighted by Crippen LogP contribution is 2.39. The Bertz CT molecular complexity index is 579. The number of nitrogens with zero attached hydrogens (tertiary/aromatic N) is 3. The molecule has 2 aliphatic rings. The summed E-state index contributed by atoms with van der Waals surface area (Å²) in [4.78, 5) is 18.5. The molecule has 1 N–H and O–H groups in total. The molecule has 1 amide bonds. The number of aromatic nitrogens is 2. The van der Waals surface area contributed by atoms with Gasteiger partial charge in [0, 0.05) is 19.8 Å². The van der Waals surface area contributed by atoms with E-state index in [0.29, 0.717) is 19.7 Å². The Kier molecular flexibility index (Phi) is 3.88.